The van der Waals surface area contributed by atoms with E-state index < -0.39 is 5.91 Å². The first kappa shape index (κ1) is 9.54. The maximum absolute atomic E-state index is 10.6. The summed E-state index contributed by atoms with van der Waals surface area (Å²) >= 11 is 0. The number of rotatable bonds is 3. The van der Waals surface area contributed by atoms with Crippen molar-refractivity contribution < 1.29 is 14.7 Å². The number of carbonyl (C=O) groups is 1. The van der Waals surface area contributed by atoms with Crippen LogP contribution >= 0.6 is 0 Å². The molecule has 0 aliphatic rings. The Morgan fingerprint density at radius 2 is 2.38 bits per heavy atom. The van der Waals surface area contributed by atoms with E-state index in [2.05, 4.69) is 0 Å². The lowest BCUT2D eigenvalue weighted by Crippen LogP contribution is -2.25. The fourth-order valence-electron chi connectivity index (χ4n) is 0.886. The second-order valence-corrected chi connectivity index (χ2v) is 2.64. The molecule has 1 rings (SSSR count). The van der Waals surface area contributed by atoms with Crippen LogP contribution in [0.15, 0.2) is 24.3 Å². The van der Waals surface area contributed by atoms with Crippen LogP contribution in [0.3, 0.4) is 0 Å². The van der Waals surface area contributed by atoms with Gasteiger partial charge in [0.05, 0.1) is 0 Å². The Kier molecular flexibility index (Phi) is 3.28. The summed E-state index contributed by atoms with van der Waals surface area (Å²) in [6.45, 7) is 1.75. The van der Waals surface area contributed by atoms with E-state index in [0.29, 0.717) is 5.75 Å². The first-order valence-electron chi connectivity index (χ1n) is 3.85. The molecule has 0 aliphatic carbocycles. The summed E-state index contributed by atoms with van der Waals surface area (Å²) in [5.41, 5.74) is 2.54. The molecule has 0 spiro atoms. The first-order chi connectivity index (χ1) is 6.22. The van der Waals surface area contributed by atoms with Crippen LogP contribution in [0.5, 0.6) is 5.75 Å². The lowest BCUT2D eigenvalue weighted by Gasteiger charge is -2.04. The smallest absolute Gasteiger partial charge is 0.281 e. The molecule has 1 aromatic rings. The van der Waals surface area contributed by atoms with Gasteiger partial charge < -0.3 is 4.74 Å². The van der Waals surface area contributed by atoms with Crippen molar-refractivity contribution in [3.8, 4) is 5.75 Å². The van der Waals surface area contributed by atoms with E-state index in [9.17, 15) is 4.79 Å². The average Bonchev–Trinajstić information content (AvgIpc) is 2.14. The quantitative estimate of drug-likeness (QED) is 0.537. The van der Waals surface area contributed by atoms with Crippen LogP contribution in [0.25, 0.3) is 0 Å². The number of nitrogens with one attached hydrogen (secondary N) is 1. The van der Waals surface area contributed by atoms with Gasteiger partial charge in [-0.1, -0.05) is 12.1 Å². The van der Waals surface area contributed by atoms with Crippen LogP contribution in [0.2, 0.25) is 0 Å². The van der Waals surface area contributed by atoms with E-state index in [0.717, 1.165) is 5.56 Å². The van der Waals surface area contributed by atoms with Crippen LogP contribution in [-0.4, -0.2) is 17.7 Å². The number of hydrogen-bond donors (Lipinski definition) is 2. The highest BCUT2D eigenvalue weighted by atomic mass is 16.5. The van der Waals surface area contributed by atoms with E-state index in [4.69, 9.17) is 9.94 Å². The monoisotopic (exact) mass is 181 g/mol. The molecule has 70 valence electrons. The molecule has 2 N–H and O–H groups in total. The molecule has 4 nitrogen and oxygen atoms in total. The highest BCUT2D eigenvalue weighted by molar-refractivity contribution is 5.76. The summed E-state index contributed by atoms with van der Waals surface area (Å²) < 4.78 is 5.07. The van der Waals surface area contributed by atoms with Gasteiger partial charge in [-0.25, -0.2) is 5.48 Å². The zero-order valence-electron chi connectivity index (χ0n) is 7.28. The van der Waals surface area contributed by atoms with E-state index in [1.165, 1.54) is 5.48 Å². The number of ether oxygens (including phenoxy) is 1. The number of benzene rings is 1. The molecule has 0 saturated carbocycles. The third-order valence-electron chi connectivity index (χ3n) is 1.48. The largest absolute Gasteiger partial charge is 0.484 e. The fourth-order valence-corrected chi connectivity index (χ4v) is 0.886. The number of hydrogen-bond acceptors (Lipinski definition) is 3. The fraction of sp³-hybridized carbons (Fsp3) is 0.222. The standard InChI is InChI=1S/C9H11NO3/c1-7-3-2-4-8(5-7)13-6-9(11)10-12/h2-5,12H,6H2,1H3,(H,10,11). The van der Waals surface area contributed by atoms with Gasteiger partial charge in [0.15, 0.2) is 6.61 Å². The van der Waals surface area contributed by atoms with Gasteiger partial charge in [0, 0.05) is 0 Å². The molecular formula is C9H11NO3. The lowest BCUT2D eigenvalue weighted by molar-refractivity contribution is -0.131. The first-order valence-corrected chi connectivity index (χ1v) is 3.85. The Morgan fingerprint density at radius 3 is 3.00 bits per heavy atom. The molecule has 0 saturated heterocycles. The Hall–Kier alpha value is -1.55. The van der Waals surface area contributed by atoms with E-state index in [1.807, 2.05) is 25.1 Å². The van der Waals surface area contributed by atoms with Crippen LogP contribution in [0.4, 0.5) is 0 Å². The summed E-state index contributed by atoms with van der Waals surface area (Å²) in [5.74, 6) is 0.0464. The molecule has 0 bridgehead atoms. The molecule has 1 amide bonds. The molecule has 4 heteroatoms. The van der Waals surface area contributed by atoms with Crippen molar-refractivity contribution in [2.45, 2.75) is 6.92 Å². The van der Waals surface area contributed by atoms with Crippen LogP contribution in [0, 0.1) is 6.92 Å². The maximum atomic E-state index is 10.6. The summed E-state index contributed by atoms with van der Waals surface area (Å²) in [4.78, 5) is 10.6. The highest BCUT2D eigenvalue weighted by Gasteiger charge is 1.99. The van der Waals surface area contributed by atoms with Gasteiger partial charge in [0.1, 0.15) is 5.75 Å². The van der Waals surface area contributed by atoms with Crippen molar-refractivity contribution in [2.75, 3.05) is 6.61 Å². The Bertz CT molecular complexity index is 299. The minimum atomic E-state index is -0.568. The summed E-state index contributed by atoms with van der Waals surface area (Å²) in [5, 5.41) is 8.19. The van der Waals surface area contributed by atoms with Gasteiger partial charge in [0.25, 0.3) is 5.91 Å². The van der Waals surface area contributed by atoms with Crippen molar-refractivity contribution in [2.24, 2.45) is 0 Å². The van der Waals surface area contributed by atoms with Gasteiger partial charge in [-0.3, -0.25) is 10.0 Å². The zero-order chi connectivity index (χ0) is 9.68. The molecule has 0 unspecified atom stereocenters. The van der Waals surface area contributed by atoms with Gasteiger partial charge in [-0.05, 0) is 24.6 Å². The summed E-state index contributed by atoms with van der Waals surface area (Å²) in [6, 6.07) is 7.32. The normalized spacial score (nSPS) is 9.38. The van der Waals surface area contributed by atoms with E-state index >= 15 is 0 Å². The van der Waals surface area contributed by atoms with Gasteiger partial charge >= 0.3 is 0 Å². The topological polar surface area (TPSA) is 58.6 Å². The van der Waals surface area contributed by atoms with Crippen LogP contribution in [0.1, 0.15) is 5.56 Å². The van der Waals surface area contributed by atoms with Crippen LogP contribution < -0.4 is 10.2 Å². The molecule has 0 aromatic heterocycles. The third-order valence-corrected chi connectivity index (χ3v) is 1.48. The molecule has 1 aromatic carbocycles. The van der Waals surface area contributed by atoms with Gasteiger partial charge in [-0.15, -0.1) is 0 Å². The second-order valence-electron chi connectivity index (χ2n) is 2.64. The van der Waals surface area contributed by atoms with E-state index in [1.54, 1.807) is 6.07 Å². The minimum Gasteiger partial charge on any atom is -0.484 e. The Balaban J connectivity index is 2.50. The summed E-state index contributed by atoms with van der Waals surface area (Å²) in [6.07, 6.45) is 0. The Morgan fingerprint density at radius 1 is 1.62 bits per heavy atom. The zero-order valence-corrected chi connectivity index (χ0v) is 7.28. The van der Waals surface area contributed by atoms with Crippen molar-refractivity contribution >= 4 is 5.91 Å². The maximum Gasteiger partial charge on any atom is 0.281 e. The van der Waals surface area contributed by atoms with Crippen LogP contribution in [-0.2, 0) is 4.79 Å². The van der Waals surface area contributed by atoms with Gasteiger partial charge in [-0.2, -0.15) is 0 Å². The molecule has 13 heavy (non-hydrogen) atoms. The minimum absolute atomic E-state index is 0.181. The molecule has 0 fully saturated rings. The number of amides is 1. The number of carbonyl (C=O) groups excluding carboxylic acids is 1. The summed E-state index contributed by atoms with van der Waals surface area (Å²) in [7, 11) is 0. The molecule has 0 aliphatic heterocycles. The predicted molar refractivity (Wildman–Crippen MR) is 46.6 cm³/mol. The average molecular weight is 181 g/mol. The molecule has 0 atom stereocenters. The SMILES string of the molecule is Cc1cccc(OCC(=O)NO)c1. The van der Waals surface area contributed by atoms with Crippen molar-refractivity contribution in [3.05, 3.63) is 29.8 Å². The third kappa shape index (κ3) is 3.13. The van der Waals surface area contributed by atoms with E-state index in [-0.39, 0.29) is 6.61 Å². The number of aryl methyl sites for hydroxylation is 1. The molecule has 0 radical (unpaired) electrons. The molecule has 0 heterocycles. The second kappa shape index (κ2) is 4.47. The highest BCUT2D eigenvalue weighted by Crippen LogP contribution is 2.11. The van der Waals surface area contributed by atoms with Gasteiger partial charge in [0.2, 0.25) is 0 Å². The Labute approximate surface area is 76.1 Å². The van der Waals surface area contributed by atoms with Crippen molar-refractivity contribution in [3.63, 3.8) is 0 Å². The lowest BCUT2D eigenvalue weighted by atomic mass is 10.2. The molecular weight excluding hydrogens is 170 g/mol. The number of hydroxylamine groups is 1. The van der Waals surface area contributed by atoms with Crippen molar-refractivity contribution in [1.82, 2.24) is 5.48 Å². The van der Waals surface area contributed by atoms with Crippen molar-refractivity contribution in [1.29, 1.82) is 0 Å². The predicted octanol–water partition coefficient (Wildman–Crippen LogP) is 0.879.